The molecule has 1 aliphatic rings. The summed E-state index contributed by atoms with van der Waals surface area (Å²) in [6.07, 6.45) is 4.28. The Bertz CT molecular complexity index is 492. The molecule has 0 bridgehead atoms. The lowest BCUT2D eigenvalue weighted by atomic mass is 10.0. The van der Waals surface area contributed by atoms with Gasteiger partial charge in [-0.25, -0.2) is 0 Å². The van der Waals surface area contributed by atoms with E-state index >= 15 is 0 Å². The van der Waals surface area contributed by atoms with Crippen molar-refractivity contribution in [2.24, 2.45) is 0 Å². The summed E-state index contributed by atoms with van der Waals surface area (Å²) >= 11 is 0. The first kappa shape index (κ1) is 13.8. The first-order chi connectivity index (χ1) is 9.16. The molecule has 2 rings (SSSR count). The van der Waals surface area contributed by atoms with Gasteiger partial charge in [0, 0.05) is 18.7 Å². The van der Waals surface area contributed by atoms with Crippen LogP contribution in [0.25, 0.3) is 0 Å². The number of nitrogens with one attached hydrogen (secondary N) is 2. The van der Waals surface area contributed by atoms with Gasteiger partial charge in [0.25, 0.3) is 5.91 Å². The summed E-state index contributed by atoms with van der Waals surface area (Å²) in [7, 11) is 0. The van der Waals surface area contributed by atoms with E-state index in [1.54, 1.807) is 0 Å². The minimum Gasteiger partial charge on any atom is -0.352 e. The van der Waals surface area contributed by atoms with E-state index in [1.165, 1.54) is 11.1 Å². The molecule has 0 aliphatic carbocycles. The Morgan fingerprint density at radius 2 is 2.16 bits per heavy atom. The highest BCUT2D eigenvalue weighted by Crippen LogP contribution is 2.11. The average molecular weight is 258 g/mol. The molecule has 3 nitrogen and oxygen atoms in total. The van der Waals surface area contributed by atoms with Gasteiger partial charge in [-0.05, 0) is 56.5 Å². The van der Waals surface area contributed by atoms with Crippen LogP contribution in [0.1, 0.15) is 34.3 Å². The maximum atomic E-state index is 12.0. The van der Waals surface area contributed by atoms with E-state index in [1.807, 2.05) is 25.1 Å². The van der Waals surface area contributed by atoms with Crippen LogP contribution in [0.4, 0.5) is 0 Å². The molecule has 0 fully saturated rings. The Hall–Kier alpha value is -1.61. The lowest BCUT2D eigenvalue weighted by Crippen LogP contribution is -2.26. The van der Waals surface area contributed by atoms with Crippen LogP contribution in [0.3, 0.4) is 0 Å². The predicted molar refractivity (Wildman–Crippen MR) is 78.4 cm³/mol. The third-order valence-electron chi connectivity index (χ3n) is 3.66. The maximum absolute atomic E-state index is 12.0. The SMILES string of the molecule is Cc1ccc(C(=O)NCCC2=CCNCC2)cc1C. The summed E-state index contributed by atoms with van der Waals surface area (Å²) in [5.41, 5.74) is 4.58. The number of carbonyl (C=O) groups is 1. The molecule has 0 spiro atoms. The second-order valence-electron chi connectivity index (χ2n) is 5.12. The average Bonchev–Trinajstić information content (AvgIpc) is 2.43. The van der Waals surface area contributed by atoms with E-state index in [-0.39, 0.29) is 5.91 Å². The molecular weight excluding hydrogens is 236 g/mol. The summed E-state index contributed by atoms with van der Waals surface area (Å²) < 4.78 is 0. The highest BCUT2D eigenvalue weighted by Gasteiger charge is 2.07. The fourth-order valence-electron chi connectivity index (χ4n) is 2.22. The summed E-state index contributed by atoms with van der Waals surface area (Å²) in [6, 6.07) is 5.84. The quantitative estimate of drug-likeness (QED) is 0.814. The summed E-state index contributed by atoms with van der Waals surface area (Å²) in [4.78, 5) is 12.0. The van der Waals surface area contributed by atoms with Crippen LogP contribution < -0.4 is 10.6 Å². The maximum Gasteiger partial charge on any atom is 0.251 e. The third kappa shape index (κ3) is 3.93. The van der Waals surface area contributed by atoms with Gasteiger partial charge in [-0.2, -0.15) is 0 Å². The van der Waals surface area contributed by atoms with Gasteiger partial charge in [0.1, 0.15) is 0 Å². The van der Waals surface area contributed by atoms with Crippen molar-refractivity contribution in [1.29, 1.82) is 0 Å². The highest BCUT2D eigenvalue weighted by molar-refractivity contribution is 5.94. The molecule has 1 aliphatic heterocycles. The molecule has 0 aromatic heterocycles. The van der Waals surface area contributed by atoms with Crippen molar-refractivity contribution in [2.75, 3.05) is 19.6 Å². The van der Waals surface area contributed by atoms with E-state index in [2.05, 4.69) is 23.6 Å². The number of benzene rings is 1. The number of hydrogen-bond acceptors (Lipinski definition) is 2. The van der Waals surface area contributed by atoms with Gasteiger partial charge in [-0.3, -0.25) is 4.79 Å². The monoisotopic (exact) mass is 258 g/mol. The molecule has 2 N–H and O–H groups in total. The third-order valence-corrected chi connectivity index (χ3v) is 3.66. The second-order valence-corrected chi connectivity index (χ2v) is 5.12. The molecule has 19 heavy (non-hydrogen) atoms. The van der Waals surface area contributed by atoms with Crippen molar-refractivity contribution in [2.45, 2.75) is 26.7 Å². The lowest BCUT2D eigenvalue weighted by molar-refractivity contribution is 0.0954. The van der Waals surface area contributed by atoms with Crippen molar-refractivity contribution >= 4 is 5.91 Å². The fraction of sp³-hybridized carbons (Fsp3) is 0.438. The number of amides is 1. The smallest absolute Gasteiger partial charge is 0.251 e. The normalized spacial score (nSPS) is 14.9. The molecule has 0 radical (unpaired) electrons. The molecule has 102 valence electrons. The molecule has 0 atom stereocenters. The molecular formula is C16H22N2O. The van der Waals surface area contributed by atoms with E-state index in [0.29, 0.717) is 0 Å². The summed E-state index contributed by atoms with van der Waals surface area (Å²) in [5.74, 6) is 0.0256. The minimum absolute atomic E-state index is 0.0256. The van der Waals surface area contributed by atoms with Crippen LogP contribution in [0.15, 0.2) is 29.8 Å². The van der Waals surface area contributed by atoms with Crippen LogP contribution in [0, 0.1) is 13.8 Å². The minimum atomic E-state index is 0.0256. The van der Waals surface area contributed by atoms with Gasteiger partial charge in [-0.1, -0.05) is 17.7 Å². The zero-order valence-corrected chi connectivity index (χ0v) is 11.8. The Kier molecular flexibility index (Phi) is 4.74. The Balaban J connectivity index is 1.83. The molecule has 0 unspecified atom stereocenters. The van der Waals surface area contributed by atoms with Gasteiger partial charge >= 0.3 is 0 Å². The van der Waals surface area contributed by atoms with Crippen LogP contribution in [0.2, 0.25) is 0 Å². The Labute approximate surface area is 115 Å². The van der Waals surface area contributed by atoms with Crippen LogP contribution in [-0.4, -0.2) is 25.5 Å². The molecule has 3 heteroatoms. The molecule has 1 amide bonds. The van der Waals surface area contributed by atoms with Crippen LogP contribution in [-0.2, 0) is 0 Å². The van der Waals surface area contributed by atoms with Gasteiger partial charge in [0.2, 0.25) is 0 Å². The van der Waals surface area contributed by atoms with E-state index in [4.69, 9.17) is 0 Å². The van der Waals surface area contributed by atoms with E-state index in [9.17, 15) is 4.79 Å². The molecule has 1 aromatic carbocycles. The zero-order chi connectivity index (χ0) is 13.7. The highest BCUT2D eigenvalue weighted by atomic mass is 16.1. The van der Waals surface area contributed by atoms with Crippen LogP contribution in [0.5, 0.6) is 0 Å². The van der Waals surface area contributed by atoms with Crippen molar-refractivity contribution < 1.29 is 4.79 Å². The fourth-order valence-corrected chi connectivity index (χ4v) is 2.22. The predicted octanol–water partition coefficient (Wildman–Crippen LogP) is 2.34. The topological polar surface area (TPSA) is 41.1 Å². The van der Waals surface area contributed by atoms with Gasteiger partial charge in [0.05, 0.1) is 0 Å². The van der Waals surface area contributed by atoms with Gasteiger partial charge < -0.3 is 10.6 Å². The molecule has 0 saturated heterocycles. The standard InChI is InChI=1S/C16H22N2O/c1-12-3-4-15(11-13(12)2)16(19)18-10-7-14-5-8-17-9-6-14/h3-5,11,17H,6-10H2,1-2H3,(H,18,19). The number of carbonyl (C=O) groups excluding carboxylic acids is 1. The van der Waals surface area contributed by atoms with Crippen molar-refractivity contribution in [3.05, 3.63) is 46.5 Å². The largest absolute Gasteiger partial charge is 0.352 e. The Morgan fingerprint density at radius 1 is 1.32 bits per heavy atom. The van der Waals surface area contributed by atoms with Crippen LogP contribution >= 0.6 is 0 Å². The van der Waals surface area contributed by atoms with Crippen molar-refractivity contribution in [1.82, 2.24) is 10.6 Å². The number of aryl methyl sites for hydroxylation is 2. The summed E-state index contributed by atoms with van der Waals surface area (Å²) in [5, 5.41) is 6.28. The first-order valence-corrected chi connectivity index (χ1v) is 6.91. The lowest BCUT2D eigenvalue weighted by Gasteiger charge is -2.14. The Morgan fingerprint density at radius 3 is 2.84 bits per heavy atom. The first-order valence-electron chi connectivity index (χ1n) is 6.91. The summed E-state index contributed by atoms with van der Waals surface area (Å²) in [6.45, 7) is 6.82. The number of rotatable bonds is 4. The van der Waals surface area contributed by atoms with Crippen molar-refractivity contribution in [3.8, 4) is 0 Å². The van der Waals surface area contributed by atoms with Crippen molar-refractivity contribution in [3.63, 3.8) is 0 Å². The number of hydrogen-bond donors (Lipinski definition) is 2. The molecule has 1 heterocycles. The molecule has 1 aromatic rings. The van der Waals surface area contributed by atoms with E-state index in [0.717, 1.165) is 43.6 Å². The van der Waals surface area contributed by atoms with Gasteiger partial charge in [0.15, 0.2) is 0 Å². The zero-order valence-electron chi connectivity index (χ0n) is 11.8. The van der Waals surface area contributed by atoms with Gasteiger partial charge in [-0.15, -0.1) is 0 Å². The molecule has 0 saturated carbocycles. The van der Waals surface area contributed by atoms with E-state index < -0.39 is 0 Å². The second kappa shape index (κ2) is 6.53.